The molecule has 0 aromatic carbocycles. The zero-order valence-corrected chi connectivity index (χ0v) is 12.4. The molecule has 3 N–H and O–H groups in total. The molecule has 1 aliphatic heterocycles. The number of aliphatic carboxylic acids is 1. The lowest BCUT2D eigenvalue weighted by molar-refractivity contribution is -0.137. The molecule has 2 atom stereocenters. The molecule has 8 heteroatoms. The molecule has 1 saturated heterocycles. The van der Waals surface area contributed by atoms with Crippen LogP contribution in [-0.4, -0.2) is 60.4 Å². The van der Waals surface area contributed by atoms with E-state index in [9.17, 15) is 14.4 Å². The third-order valence-electron chi connectivity index (χ3n) is 3.38. The summed E-state index contributed by atoms with van der Waals surface area (Å²) in [5.74, 6) is -0.829. The van der Waals surface area contributed by atoms with Gasteiger partial charge in [-0.1, -0.05) is 0 Å². The number of likely N-dealkylation sites (tertiary alicyclic amines) is 1. The van der Waals surface area contributed by atoms with Crippen molar-refractivity contribution in [1.29, 1.82) is 0 Å². The van der Waals surface area contributed by atoms with Gasteiger partial charge in [0.05, 0.1) is 13.2 Å². The number of hydrogen-bond acceptors (Lipinski definition) is 4. The fourth-order valence-corrected chi connectivity index (χ4v) is 2.22. The number of carboxylic acids is 1. The number of alkyl carbamates (subject to hydrolysis) is 1. The number of methoxy groups -OCH3 is 1. The van der Waals surface area contributed by atoms with Gasteiger partial charge >= 0.3 is 18.1 Å². The number of hydrogen-bond donors (Lipinski definition) is 3. The average molecular weight is 301 g/mol. The molecule has 1 rings (SSSR count). The number of amides is 3. The Labute approximate surface area is 123 Å². The molecule has 3 amide bonds. The van der Waals surface area contributed by atoms with Crippen molar-refractivity contribution in [2.24, 2.45) is 0 Å². The van der Waals surface area contributed by atoms with Gasteiger partial charge in [-0.3, -0.25) is 4.79 Å². The summed E-state index contributed by atoms with van der Waals surface area (Å²) >= 11 is 0. The largest absolute Gasteiger partial charge is 0.481 e. The summed E-state index contributed by atoms with van der Waals surface area (Å²) in [5, 5.41) is 14.1. The van der Waals surface area contributed by atoms with E-state index in [4.69, 9.17) is 5.11 Å². The van der Waals surface area contributed by atoms with Gasteiger partial charge in [0.1, 0.15) is 0 Å². The molecule has 2 unspecified atom stereocenters. The summed E-state index contributed by atoms with van der Waals surface area (Å²) in [6.45, 7) is 2.87. The highest BCUT2D eigenvalue weighted by atomic mass is 16.5. The smallest absolute Gasteiger partial charge is 0.407 e. The Morgan fingerprint density at radius 1 is 1.43 bits per heavy atom. The van der Waals surface area contributed by atoms with Gasteiger partial charge in [0.25, 0.3) is 0 Å². The van der Waals surface area contributed by atoms with Crippen LogP contribution < -0.4 is 10.6 Å². The lowest BCUT2D eigenvalue weighted by Gasteiger charge is -2.21. The van der Waals surface area contributed by atoms with Crippen LogP contribution in [0.2, 0.25) is 0 Å². The molecule has 0 bridgehead atoms. The molecule has 0 aromatic heterocycles. The first-order chi connectivity index (χ1) is 9.92. The number of ether oxygens (including phenoxy) is 1. The Morgan fingerprint density at radius 2 is 2.14 bits per heavy atom. The molecule has 8 nitrogen and oxygen atoms in total. The lowest BCUT2D eigenvalue weighted by Crippen LogP contribution is -2.44. The highest BCUT2D eigenvalue weighted by Gasteiger charge is 2.27. The van der Waals surface area contributed by atoms with E-state index in [-0.39, 0.29) is 24.5 Å². The van der Waals surface area contributed by atoms with Crippen LogP contribution in [0.1, 0.15) is 32.6 Å². The Bertz CT molecular complexity index is 388. The van der Waals surface area contributed by atoms with E-state index in [0.29, 0.717) is 32.4 Å². The van der Waals surface area contributed by atoms with Crippen molar-refractivity contribution < 1.29 is 24.2 Å². The first-order valence-electron chi connectivity index (χ1n) is 7.04. The molecule has 120 valence electrons. The van der Waals surface area contributed by atoms with E-state index >= 15 is 0 Å². The third-order valence-corrected chi connectivity index (χ3v) is 3.38. The first-order valence-corrected chi connectivity index (χ1v) is 7.04. The van der Waals surface area contributed by atoms with E-state index in [1.807, 2.05) is 6.92 Å². The van der Waals surface area contributed by atoms with E-state index in [1.165, 1.54) is 7.11 Å². The SMILES string of the molecule is COC(=O)NC1CCN(C(=O)NC(C)CCCC(=O)O)C1. The Kier molecular flexibility index (Phi) is 6.77. The van der Waals surface area contributed by atoms with Crippen molar-refractivity contribution in [3.63, 3.8) is 0 Å². The van der Waals surface area contributed by atoms with Crippen LogP contribution in [-0.2, 0) is 9.53 Å². The number of urea groups is 1. The van der Waals surface area contributed by atoms with Gasteiger partial charge in [-0.05, 0) is 26.2 Å². The third kappa shape index (κ3) is 6.33. The van der Waals surface area contributed by atoms with Crippen LogP contribution in [0.25, 0.3) is 0 Å². The second-order valence-electron chi connectivity index (χ2n) is 5.20. The Morgan fingerprint density at radius 3 is 2.76 bits per heavy atom. The fraction of sp³-hybridized carbons (Fsp3) is 0.769. The van der Waals surface area contributed by atoms with Crippen molar-refractivity contribution in [3.8, 4) is 0 Å². The van der Waals surface area contributed by atoms with Crippen molar-refractivity contribution in [3.05, 3.63) is 0 Å². The number of rotatable bonds is 6. The summed E-state index contributed by atoms with van der Waals surface area (Å²) in [4.78, 5) is 35.2. The summed E-state index contributed by atoms with van der Waals surface area (Å²) in [6, 6.07) is -0.359. The molecule has 0 aliphatic carbocycles. The van der Waals surface area contributed by atoms with Crippen LogP contribution in [0, 0.1) is 0 Å². The summed E-state index contributed by atoms with van der Waals surface area (Å²) < 4.78 is 4.52. The molecule has 0 spiro atoms. The predicted octanol–water partition coefficient (Wildman–Crippen LogP) is 0.770. The minimum Gasteiger partial charge on any atom is -0.481 e. The van der Waals surface area contributed by atoms with Crippen LogP contribution in [0.4, 0.5) is 9.59 Å². The molecular formula is C13H23N3O5. The molecule has 0 aromatic rings. The maximum atomic E-state index is 12.0. The minimum absolute atomic E-state index is 0.0792. The van der Waals surface area contributed by atoms with Gasteiger partial charge in [-0.15, -0.1) is 0 Å². The number of carbonyl (C=O) groups excluding carboxylic acids is 2. The monoisotopic (exact) mass is 301 g/mol. The second kappa shape index (κ2) is 8.33. The molecule has 0 saturated carbocycles. The molecule has 21 heavy (non-hydrogen) atoms. The Hall–Kier alpha value is -1.99. The minimum atomic E-state index is -0.829. The molecule has 0 radical (unpaired) electrons. The lowest BCUT2D eigenvalue weighted by atomic mass is 10.1. The average Bonchev–Trinajstić information content (AvgIpc) is 2.86. The van der Waals surface area contributed by atoms with Crippen molar-refractivity contribution >= 4 is 18.1 Å². The molecule has 1 heterocycles. The van der Waals surface area contributed by atoms with Gasteiger partial charge < -0.3 is 25.4 Å². The summed E-state index contributed by atoms with van der Waals surface area (Å²) in [7, 11) is 1.30. The highest BCUT2D eigenvalue weighted by Crippen LogP contribution is 2.10. The van der Waals surface area contributed by atoms with Crippen LogP contribution >= 0.6 is 0 Å². The zero-order chi connectivity index (χ0) is 15.8. The fourth-order valence-electron chi connectivity index (χ4n) is 2.22. The maximum absolute atomic E-state index is 12.0. The van der Waals surface area contributed by atoms with Gasteiger partial charge in [0.15, 0.2) is 0 Å². The van der Waals surface area contributed by atoms with Crippen LogP contribution in [0.3, 0.4) is 0 Å². The highest BCUT2D eigenvalue weighted by molar-refractivity contribution is 5.75. The normalized spacial score (nSPS) is 19.0. The van der Waals surface area contributed by atoms with Crippen molar-refractivity contribution in [2.75, 3.05) is 20.2 Å². The van der Waals surface area contributed by atoms with E-state index < -0.39 is 12.1 Å². The number of carbonyl (C=O) groups is 3. The van der Waals surface area contributed by atoms with Gasteiger partial charge in [0, 0.05) is 25.6 Å². The number of carboxylic acid groups (broad SMARTS) is 1. The van der Waals surface area contributed by atoms with E-state index in [0.717, 1.165) is 0 Å². The molecule has 1 aliphatic rings. The first kappa shape index (κ1) is 17.1. The van der Waals surface area contributed by atoms with Crippen molar-refractivity contribution in [2.45, 2.75) is 44.7 Å². The summed E-state index contributed by atoms with van der Waals surface area (Å²) in [6.07, 6.45) is 1.45. The summed E-state index contributed by atoms with van der Waals surface area (Å²) in [5.41, 5.74) is 0. The topological polar surface area (TPSA) is 108 Å². The number of nitrogens with one attached hydrogen (secondary N) is 2. The van der Waals surface area contributed by atoms with E-state index in [1.54, 1.807) is 4.90 Å². The van der Waals surface area contributed by atoms with Crippen molar-refractivity contribution in [1.82, 2.24) is 15.5 Å². The second-order valence-corrected chi connectivity index (χ2v) is 5.20. The van der Waals surface area contributed by atoms with E-state index in [2.05, 4.69) is 15.4 Å². The quantitative estimate of drug-likeness (QED) is 0.671. The number of nitrogens with zero attached hydrogens (tertiary/aromatic N) is 1. The predicted molar refractivity (Wildman–Crippen MR) is 75.0 cm³/mol. The molecule has 1 fully saturated rings. The zero-order valence-electron chi connectivity index (χ0n) is 12.4. The standard InChI is InChI=1S/C13H23N3O5/c1-9(4-3-5-11(17)18)14-12(19)16-7-6-10(8-16)15-13(20)21-2/h9-10H,3-8H2,1-2H3,(H,14,19)(H,15,20)(H,17,18). The van der Waals surface area contributed by atoms with Crippen LogP contribution in [0.15, 0.2) is 0 Å². The Balaban J connectivity index is 2.26. The molecular weight excluding hydrogens is 278 g/mol. The maximum Gasteiger partial charge on any atom is 0.407 e. The van der Waals surface area contributed by atoms with Crippen LogP contribution in [0.5, 0.6) is 0 Å². The van der Waals surface area contributed by atoms with Gasteiger partial charge in [-0.2, -0.15) is 0 Å². The van der Waals surface area contributed by atoms with Gasteiger partial charge in [-0.25, -0.2) is 9.59 Å². The van der Waals surface area contributed by atoms with Gasteiger partial charge in [0.2, 0.25) is 0 Å².